The average Bonchev–Trinajstić information content (AvgIpc) is 2.82. The third kappa shape index (κ3) is 8.33. The van der Waals surface area contributed by atoms with Crippen LogP contribution >= 0.6 is 0 Å². The molecule has 3 aromatic rings. The Morgan fingerprint density at radius 3 is 2.18 bits per heavy atom. The van der Waals surface area contributed by atoms with Crippen LogP contribution in [0.1, 0.15) is 11.1 Å². The standard InChI is InChI=1S/C23H17F10N3O3/c24-19(25)23(32,33)39-16-6-1-3-13(9-16)11-36(12-17(37)22(29,30)31)20-34-8-7-18(35-20)38-15-5-2-4-14(10-15)21(26,27)28/h1-10,17,19,37H,11-12H2/t17-/m1/s1. The molecule has 1 atom stereocenters. The van der Waals surface area contributed by atoms with E-state index in [0.29, 0.717) is 6.07 Å². The van der Waals surface area contributed by atoms with Crippen LogP contribution in [0.15, 0.2) is 60.8 Å². The van der Waals surface area contributed by atoms with Crippen molar-refractivity contribution in [3.63, 3.8) is 0 Å². The van der Waals surface area contributed by atoms with Crippen LogP contribution in [0.25, 0.3) is 0 Å². The molecule has 0 bridgehead atoms. The quantitative estimate of drug-likeness (QED) is 0.281. The number of aromatic nitrogens is 2. The van der Waals surface area contributed by atoms with Crippen molar-refractivity contribution >= 4 is 5.95 Å². The van der Waals surface area contributed by atoms with Crippen LogP contribution in [0.4, 0.5) is 49.9 Å². The Kier molecular flexibility index (Phi) is 8.77. The molecule has 0 spiro atoms. The zero-order valence-electron chi connectivity index (χ0n) is 19.2. The van der Waals surface area contributed by atoms with Gasteiger partial charge in [0.1, 0.15) is 11.5 Å². The van der Waals surface area contributed by atoms with Crippen LogP contribution in [0.2, 0.25) is 0 Å². The van der Waals surface area contributed by atoms with Gasteiger partial charge in [-0.3, -0.25) is 0 Å². The van der Waals surface area contributed by atoms with E-state index in [9.17, 15) is 49.0 Å². The number of benzene rings is 2. The van der Waals surface area contributed by atoms with E-state index in [2.05, 4.69) is 14.7 Å². The minimum Gasteiger partial charge on any atom is -0.439 e. The van der Waals surface area contributed by atoms with Crippen molar-refractivity contribution in [1.29, 1.82) is 0 Å². The van der Waals surface area contributed by atoms with Gasteiger partial charge in [-0.1, -0.05) is 18.2 Å². The molecule has 0 unspecified atom stereocenters. The molecule has 1 N–H and O–H groups in total. The Balaban J connectivity index is 1.90. The number of aliphatic hydroxyl groups excluding tert-OH is 1. The van der Waals surface area contributed by atoms with Crippen molar-refractivity contribution in [3.05, 3.63) is 71.9 Å². The topological polar surface area (TPSA) is 67.7 Å². The molecule has 3 rings (SSSR count). The first-order chi connectivity index (χ1) is 18.0. The average molecular weight is 573 g/mol. The molecule has 0 amide bonds. The molecular formula is C23H17F10N3O3. The summed E-state index contributed by atoms with van der Waals surface area (Å²) >= 11 is 0. The summed E-state index contributed by atoms with van der Waals surface area (Å²) in [4.78, 5) is 8.44. The lowest BCUT2D eigenvalue weighted by molar-refractivity contribution is -0.253. The molecule has 1 heterocycles. The summed E-state index contributed by atoms with van der Waals surface area (Å²) < 4.78 is 139. The summed E-state index contributed by atoms with van der Waals surface area (Å²) in [7, 11) is 0. The lowest BCUT2D eigenvalue weighted by Gasteiger charge is -2.27. The predicted octanol–water partition coefficient (Wildman–Crippen LogP) is 6.45. The summed E-state index contributed by atoms with van der Waals surface area (Å²) in [5.41, 5.74) is -1.07. The fourth-order valence-electron chi connectivity index (χ4n) is 3.06. The van der Waals surface area contributed by atoms with Crippen LogP contribution in [0.3, 0.4) is 0 Å². The van der Waals surface area contributed by atoms with Crippen LogP contribution < -0.4 is 14.4 Å². The summed E-state index contributed by atoms with van der Waals surface area (Å²) in [6.07, 6.45) is -20.7. The second-order valence-corrected chi connectivity index (χ2v) is 7.87. The van der Waals surface area contributed by atoms with E-state index in [-0.39, 0.29) is 17.2 Å². The zero-order valence-corrected chi connectivity index (χ0v) is 19.2. The minimum atomic E-state index is -5.09. The number of aliphatic hydroxyl groups is 1. The summed E-state index contributed by atoms with van der Waals surface area (Å²) in [5.74, 6) is -1.90. The highest BCUT2D eigenvalue weighted by Crippen LogP contribution is 2.33. The van der Waals surface area contributed by atoms with Gasteiger partial charge in [0.15, 0.2) is 6.10 Å². The second-order valence-electron chi connectivity index (χ2n) is 7.87. The van der Waals surface area contributed by atoms with E-state index >= 15 is 0 Å². The first-order valence-corrected chi connectivity index (χ1v) is 10.7. The van der Waals surface area contributed by atoms with E-state index in [1.54, 1.807) is 0 Å². The number of hydrogen-bond acceptors (Lipinski definition) is 6. The second kappa shape index (κ2) is 11.5. The van der Waals surface area contributed by atoms with Gasteiger partial charge in [0.25, 0.3) is 0 Å². The highest BCUT2D eigenvalue weighted by molar-refractivity contribution is 5.39. The van der Waals surface area contributed by atoms with Crippen molar-refractivity contribution in [3.8, 4) is 17.4 Å². The van der Waals surface area contributed by atoms with Crippen LogP contribution in [-0.2, 0) is 12.7 Å². The van der Waals surface area contributed by atoms with Crippen LogP contribution in [-0.4, -0.2) is 46.4 Å². The predicted molar refractivity (Wildman–Crippen MR) is 115 cm³/mol. The van der Waals surface area contributed by atoms with Gasteiger partial charge in [-0.15, -0.1) is 0 Å². The maximum Gasteiger partial charge on any atom is 0.461 e. The van der Waals surface area contributed by atoms with Gasteiger partial charge in [-0.05, 0) is 35.9 Å². The monoisotopic (exact) mass is 573 g/mol. The van der Waals surface area contributed by atoms with Crippen LogP contribution in [0.5, 0.6) is 17.4 Å². The maximum absolute atomic E-state index is 13.3. The molecule has 0 saturated heterocycles. The van der Waals surface area contributed by atoms with E-state index < -0.39 is 61.3 Å². The van der Waals surface area contributed by atoms with Gasteiger partial charge in [0.2, 0.25) is 11.8 Å². The fraction of sp³-hybridized carbons (Fsp3) is 0.304. The Morgan fingerprint density at radius 2 is 1.54 bits per heavy atom. The number of anilines is 1. The van der Waals surface area contributed by atoms with Crippen molar-refractivity contribution in [2.45, 2.75) is 37.5 Å². The van der Waals surface area contributed by atoms with Gasteiger partial charge in [-0.2, -0.15) is 48.9 Å². The van der Waals surface area contributed by atoms with E-state index in [1.807, 2.05) is 0 Å². The third-order valence-electron chi connectivity index (χ3n) is 4.83. The van der Waals surface area contributed by atoms with Crippen molar-refractivity contribution in [2.75, 3.05) is 11.4 Å². The summed E-state index contributed by atoms with van der Waals surface area (Å²) in [5, 5.41) is 9.61. The molecule has 1 aromatic heterocycles. The highest BCUT2D eigenvalue weighted by Gasteiger charge is 2.44. The Bertz CT molecular complexity index is 1250. The summed E-state index contributed by atoms with van der Waals surface area (Å²) in [6, 6.07) is 8.88. The molecule has 16 heteroatoms. The Labute approximate surface area is 213 Å². The van der Waals surface area contributed by atoms with Gasteiger partial charge >= 0.3 is 24.9 Å². The lowest BCUT2D eigenvalue weighted by atomic mass is 10.2. The Morgan fingerprint density at radius 1 is 0.872 bits per heavy atom. The first kappa shape index (κ1) is 29.7. The highest BCUT2D eigenvalue weighted by atomic mass is 19.4. The van der Waals surface area contributed by atoms with Gasteiger partial charge in [0, 0.05) is 18.8 Å². The first-order valence-electron chi connectivity index (χ1n) is 10.7. The molecular weight excluding hydrogens is 556 g/mol. The Hall–Kier alpha value is -3.82. The van der Waals surface area contributed by atoms with E-state index in [0.717, 1.165) is 47.5 Å². The van der Waals surface area contributed by atoms with Crippen LogP contribution in [0, 0.1) is 0 Å². The molecule has 212 valence electrons. The molecule has 6 nitrogen and oxygen atoms in total. The molecule has 39 heavy (non-hydrogen) atoms. The zero-order chi connectivity index (χ0) is 29.0. The van der Waals surface area contributed by atoms with E-state index in [4.69, 9.17) is 4.74 Å². The van der Waals surface area contributed by atoms with Gasteiger partial charge < -0.3 is 19.5 Å². The number of ether oxygens (including phenoxy) is 2. The third-order valence-corrected chi connectivity index (χ3v) is 4.83. The van der Waals surface area contributed by atoms with Crippen molar-refractivity contribution < 1.29 is 58.5 Å². The largest absolute Gasteiger partial charge is 0.461 e. The molecule has 0 aliphatic heterocycles. The number of rotatable bonds is 10. The molecule has 0 fully saturated rings. The summed E-state index contributed by atoms with van der Waals surface area (Å²) in [6.45, 7) is -1.74. The molecule has 0 aliphatic rings. The van der Waals surface area contributed by atoms with Crippen molar-refractivity contribution in [2.24, 2.45) is 0 Å². The fourth-order valence-corrected chi connectivity index (χ4v) is 3.06. The lowest BCUT2D eigenvalue weighted by Crippen LogP contribution is -2.41. The minimum absolute atomic E-state index is 0.0280. The van der Waals surface area contributed by atoms with E-state index in [1.165, 1.54) is 12.1 Å². The molecule has 0 radical (unpaired) electrons. The molecule has 2 aromatic carbocycles. The number of nitrogens with zero attached hydrogens (tertiary/aromatic N) is 3. The normalized spacial score (nSPS) is 13.3. The number of halogens is 10. The van der Waals surface area contributed by atoms with Gasteiger partial charge in [-0.25, -0.2) is 4.98 Å². The van der Waals surface area contributed by atoms with Crippen molar-refractivity contribution in [1.82, 2.24) is 9.97 Å². The molecule has 0 saturated carbocycles. The number of alkyl halides is 10. The smallest absolute Gasteiger partial charge is 0.439 e. The SMILES string of the molecule is O[C@H](CN(Cc1cccc(OC(F)(F)C(F)F)c1)c1nccc(Oc2cccc(C(F)(F)F)c2)n1)C(F)(F)F. The number of hydrogen-bond donors (Lipinski definition) is 1. The molecule has 0 aliphatic carbocycles. The van der Waals surface area contributed by atoms with Gasteiger partial charge in [0.05, 0.1) is 12.1 Å². The maximum atomic E-state index is 13.3.